The Kier molecular flexibility index (Phi) is 6.16. The molecular weight excluding hydrogens is 571 g/mol. The van der Waals surface area contributed by atoms with Crippen LogP contribution in [0.3, 0.4) is 0 Å². The fraction of sp³-hybridized carbons (Fsp3) is 0.0682. The first-order valence-corrected chi connectivity index (χ1v) is 16.1. The zero-order chi connectivity index (χ0) is 31.5. The smallest absolute Gasteiger partial charge is 0.160 e. The maximum Gasteiger partial charge on any atom is 0.160 e. The Morgan fingerprint density at radius 1 is 0.447 bits per heavy atom. The van der Waals surface area contributed by atoms with Gasteiger partial charge in [-0.15, -0.1) is 0 Å². The van der Waals surface area contributed by atoms with Crippen molar-refractivity contribution in [3.8, 4) is 56.2 Å². The van der Waals surface area contributed by atoms with E-state index in [1.807, 2.05) is 30.5 Å². The molecule has 0 unspecified atom stereocenters. The van der Waals surface area contributed by atoms with Crippen LogP contribution in [0.4, 0.5) is 0 Å². The van der Waals surface area contributed by atoms with Crippen molar-refractivity contribution in [2.45, 2.75) is 19.3 Å². The molecule has 0 N–H and O–H groups in total. The van der Waals surface area contributed by atoms with E-state index < -0.39 is 0 Å². The molecule has 2 aromatic heterocycles. The predicted octanol–water partition coefficient (Wildman–Crippen LogP) is 11.2. The van der Waals surface area contributed by atoms with Crippen LogP contribution in [0.15, 0.2) is 152 Å². The van der Waals surface area contributed by atoms with E-state index in [2.05, 4.69) is 134 Å². The van der Waals surface area contributed by atoms with Gasteiger partial charge in [-0.1, -0.05) is 123 Å². The SMILES string of the molecule is CC1(C)c2ccccc2-c2cc3ccc4c(-c5cc(-c6cccc(-c7cccnc7)c6)nc(-c6ccccc6)n5)cccc4c3cc21. The Bertz CT molecular complexity index is 2480. The molecule has 0 radical (unpaired) electrons. The van der Waals surface area contributed by atoms with Crippen LogP contribution < -0.4 is 0 Å². The molecule has 0 amide bonds. The highest BCUT2D eigenvalue weighted by molar-refractivity contribution is 6.13. The summed E-state index contributed by atoms with van der Waals surface area (Å²) in [6.45, 7) is 4.69. The first kappa shape index (κ1) is 27.4. The molecular formula is C44H31N3. The monoisotopic (exact) mass is 601 g/mol. The number of hydrogen-bond donors (Lipinski definition) is 0. The first-order valence-electron chi connectivity index (χ1n) is 16.1. The van der Waals surface area contributed by atoms with E-state index in [9.17, 15) is 0 Å². The lowest BCUT2D eigenvalue weighted by Crippen LogP contribution is -2.14. The van der Waals surface area contributed by atoms with Crippen molar-refractivity contribution in [1.82, 2.24) is 15.0 Å². The van der Waals surface area contributed by atoms with Gasteiger partial charge in [0.1, 0.15) is 0 Å². The van der Waals surface area contributed by atoms with E-state index in [-0.39, 0.29) is 5.41 Å². The minimum absolute atomic E-state index is 0.0591. The average molecular weight is 602 g/mol. The molecule has 3 heteroatoms. The lowest BCUT2D eigenvalue weighted by molar-refractivity contribution is 0.661. The van der Waals surface area contributed by atoms with Gasteiger partial charge in [-0.3, -0.25) is 4.98 Å². The maximum absolute atomic E-state index is 5.20. The van der Waals surface area contributed by atoms with Crippen LogP contribution >= 0.6 is 0 Å². The minimum Gasteiger partial charge on any atom is -0.264 e. The standard InChI is InChI=1S/C44H31N3/c1-44(2)39-19-7-6-16-35(39)38-24-30-20-21-34-33(37(30)25-40(38)44)17-9-18-36(34)42-26-41(46-43(47-42)28-11-4-3-5-12-28)31-14-8-13-29(23-31)32-15-10-22-45-27-32/h3-27H,1-2H3. The van der Waals surface area contributed by atoms with Gasteiger partial charge in [0, 0.05) is 40.1 Å². The molecule has 47 heavy (non-hydrogen) atoms. The second-order valence-electron chi connectivity index (χ2n) is 12.9. The van der Waals surface area contributed by atoms with Crippen molar-refractivity contribution in [2.24, 2.45) is 0 Å². The third kappa shape index (κ3) is 4.46. The van der Waals surface area contributed by atoms with Gasteiger partial charge in [0.25, 0.3) is 0 Å². The highest BCUT2D eigenvalue weighted by atomic mass is 14.9. The number of fused-ring (bicyclic) bond motifs is 6. The van der Waals surface area contributed by atoms with Crippen LogP contribution in [-0.4, -0.2) is 15.0 Å². The van der Waals surface area contributed by atoms with E-state index in [0.717, 1.165) is 39.2 Å². The molecule has 3 nitrogen and oxygen atoms in total. The lowest BCUT2D eigenvalue weighted by atomic mass is 9.81. The van der Waals surface area contributed by atoms with Gasteiger partial charge in [-0.25, -0.2) is 9.97 Å². The number of pyridine rings is 1. The normalized spacial score (nSPS) is 13.1. The number of benzene rings is 6. The van der Waals surface area contributed by atoms with Crippen LogP contribution in [0.5, 0.6) is 0 Å². The summed E-state index contributed by atoms with van der Waals surface area (Å²) in [4.78, 5) is 14.6. The van der Waals surface area contributed by atoms with E-state index >= 15 is 0 Å². The molecule has 0 bridgehead atoms. The number of aromatic nitrogens is 3. The summed E-state index contributed by atoms with van der Waals surface area (Å²) in [7, 11) is 0. The number of rotatable bonds is 4. The molecule has 0 saturated carbocycles. The van der Waals surface area contributed by atoms with Crippen LogP contribution in [0.1, 0.15) is 25.0 Å². The van der Waals surface area contributed by atoms with Gasteiger partial charge in [0.05, 0.1) is 11.4 Å². The van der Waals surface area contributed by atoms with Gasteiger partial charge in [-0.2, -0.15) is 0 Å². The second kappa shape index (κ2) is 10.6. The quantitative estimate of drug-likeness (QED) is 0.188. The average Bonchev–Trinajstić information content (AvgIpc) is 3.36. The fourth-order valence-electron chi connectivity index (χ4n) is 7.35. The zero-order valence-electron chi connectivity index (χ0n) is 26.3. The molecule has 0 aliphatic heterocycles. The molecule has 8 aromatic rings. The van der Waals surface area contributed by atoms with E-state index in [4.69, 9.17) is 9.97 Å². The van der Waals surface area contributed by atoms with Crippen LogP contribution in [0.2, 0.25) is 0 Å². The lowest BCUT2D eigenvalue weighted by Gasteiger charge is -2.22. The number of hydrogen-bond acceptors (Lipinski definition) is 3. The molecule has 0 atom stereocenters. The third-order valence-corrected chi connectivity index (χ3v) is 9.77. The highest BCUT2D eigenvalue weighted by Crippen LogP contribution is 2.50. The van der Waals surface area contributed by atoms with E-state index in [1.54, 1.807) is 6.20 Å². The van der Waals surface area contributed by atoms with Gasteiger partial charge < -0.3 is 0 Å². The maximum atomic E-state index is 5.20. The van der Waals surface area contributed by atoms with Gasteiger partial charge >= 0.3 is 0 Å². The topological polar surface area (TPSA) is 38.7 Å². The van der Waals surface area contributed by atoms with Crippen molar-refractivity contribution in [2.75, 3.05) is 0 Å². The summed E-state index contributed by atoms with van der Waals surface area (Å²) in [6.07, 6.45) is 3.70. The Balaban J connectivity index is 1.24. The van der Waals surface area contributed by atoms with Crippen molar-refractivity contribution < 1.29 is 0 Å². The molecule has 0 spiro atoms. The minimum atomic E-state index is -0.0591. The van der Waals surface area contributed by atoms with Crippen LogP contribution in [0, 0.1) is 0 Å². The Morgan fingerprint density at radius 2 is 1.19 bits per heavy atom. The van der Waals surface area contributed by atoms with Crippen molar-refractivity contribution in [3.05, 3.63) is 163 Å². The first-order chi connectivity index (χ1) is 23.0. The largest absolute Gasteiger partial charge is 0.264 e. The Labute approximate surface area is 274 Å². The second-order valence-corrected chi connectivity index (χ2v) is 12.9. The van der Waals surface area contributed by atoms with Gasteiger partial charge in [0.15, 0.2) is 5.82 Å². The molecule has 1 aliphatic carbocycles. The summed E-state index contributed by atoms with van der Waals surface area (Å²) in [5.41, 5.74) is 12.5. The molecule has 6 aromatic carbocycles. The van der Waals surface area contributed by atoms with Crippen LogP contribution in [-0.2, 0) is 5.41 Å². The van der Waals surface area contributed by atoms with Crippen LogP contribution in [0.25, 0.3) is 77.7 Å². The molecule has 9 rings (SSSR count). The zero-order valence-corrected chi connectivity index (χ0v) is 26.3. The number of nitrogens with zero attached hydrogens (tertiary/aromatic N) is 3. The van der Waals surface area contributed by atoms with Gasteiger partial charge in [0.2, 0.25) is 0 Å². The van der Waals surface area contributed by atoms with Crippen molar-refractivity contribution in [3.63, 3.8) is 0 Å². The van der Waals surface area contributed by atoms with E-state index in [0.29, 0.717) is 5.82 Å². The summed E-state index contributed by atoms with van der Waals surface area (Å²) >= 11 is 0. The van der Waals surface area contributed by atoms with E-state index in [1.165, 1.54) is 43.8 Å². The summed E-state index contributed by atoms with van der Waals surface area (Å²) in [5.74, 6) is 0.708. The molecule has 0 fully saturated rings. The molecule has 222 valence electrons. The third-order valence-electron chi connectivity index (χ3n) is 9.77. The summed E-state index contributed by atoms with van der Waals surface area (Å²) < 4.78 is 0. The molecule has 2 heterocycles. The summed E-state index contributed by atoms with van der Waals surface area (Å²) in [6, 6.07) is 49.8. The van der Waals surface area contributed by atoms with Crippen molar-refractivity contribution in [1.29, 1.82) is 0 Å². The Hall–Kier alpha value is -5.93. The van der Waals surface area contributed by atoms with Crippen molar-refractivity contribution >= 4 is 21.5 Å². The van der Waals surface area contributed by atoms with Gasteiger partial charge in [-0.05, 0) is 79.7 Å². The predicted molar refractivity (Wildman–Crippen MR) is 194 cm³/mol. The fourth-order valence-corrected chi connectivity index (χ4v) is 7.35. The summed E-state index contributed by atoms with van der Waals surface area (Å²) in [5, 5.41) is 4.93. The Morgan fingerprint density at radius 3 is 2.06 bits per heavy atom. The molecule has 0 saturated heterocycles. The molecule has 1 aliphatic rings. The highest BCUT2D eigenvalue weighted by Gasteiger charge is 2.35.